The Morgan fingerprint density at radius 3 is 0.973 bits per heavy atom. The molecular formula is C82H80F4N16O11. The number of methoxy groups -OCH3 is 4. The Bertz CT molecular complexity index is 5540. The van der Waals surface area contributed by atoms with Gasteiger partial charge in [-0.1, -0.05) is 72.8 Å². The van der Waals surface area contributed by atoms with Crippen LogP contribution in [0.4, 0.5) is 17.6 Å². The summed E-state index contributed by atoms with van der Waals surface area (Å²) >= 11 is 0. The number of fused-ring (bicyclic) bond motifs is 4. The van der Waals surface area contributed by atoms with Crippen LogP contribution in [0.15, 0.2) is 146 Å². The van der Waals surface area contributed by atoms with E-state index in [1.165, 1.54) is 81.8 Å². The van der Waals surface area contributed by atoms with Gasteiger partial charge in [-0.15, -0.1) is 0 Å². The molecule has 31 heteroatoms. The summed E-state index contributed by atoms with van der Waals surface area (Å²) in [6.07, 6.45) is 16.2. The third-order valence-electron chi connectivity index (χ3n) is 17.5. The number of piperidine rings is 1. The molecule has 0 unspecified atom stereocenters. The number of amides is 7. The predicted octanol–water partition coefficient (Wildman–Crippen LogP) is 10.5. The smallest absolute Gasteiger partial charge is 0.255 e. The lowest BCUT2D eigenvalue weighted by Gasteiger charge is -2.24. The van der Waals surface area contributed by atoms with Crippen LogP contribution in [0.2, 0.25) is 0 Å². The highest BCUT2D eigenvalue weighted by Crippen LogP contribution is 2.37. The van der Waals surface area contributed by atoms with Crippen LogP contribution in [0.5, 0.6) is 23.0 Å². The minimum Gasteiger partial charge on any atom is -0.495 e. The Balaban J connectivity index is 0.000000160. The molecule has 0 spiro atoms. The second-order valence-electron chi connectivity index (χ2n) is 25.2. The van der Waals surface area contributed by atoms with Crippen LogP contribution < -0.4 is 56.6 Å². The summed E-state index contributed by atoms with van der Waals surface area (Å²) in [5, 5.41) is 47.7. The lowest BCUT2D eigenvalue weighted by molar-refractivity contribution is -0.127. The quantitative estimate of drug-likeness (QED) is 0.0265. The molecule has 0 bridgehead atoms. The highest BCUT2D eigenvalue weighted by Gasteiger charge is 2.25. The van der Waals surface area contributed by atoms with Crippen LogP contribution in [-0.2, 0) is 14.4 Å². The average molecular weight is 1540 g/mol. The largest absolute Gasteiger partial charge is 0.495 e. The van der Waals surface area contributed by atoms with Crippen LogP contribution in [0.1, 0.15) is 99.3 Å². The van der Waals surface area contributed by atoms with Gasteiger partial charge in [-0.05, 0) is 170 Å². The molecule has 8 aromatic carbocycles. The third-order valence-corrected chi connectivity index (χ3v) is 17.5. The molecule has 0 atom stereocenters. The van der Waals surface area contributed by atoms with E-state index in [0.717, 1.165) is 59.3 Å². The Labute approximate surface area is 644 Å². The van der Waals surface area contributed by atoms with Crippen molar-refractivity contribution in [2.75, 3.05) is 82.3 Å². The van der Waals surface area contributed by atoms with Gasteiger partial charge in [0, 0.05) is 27.2 Å². The zero-order valence-corrected chi connectivity index (χ0v) is 62.3. The van der Waals surface area contributed by atoms with Crippen molar-refractivity contribution in [2.45, 2.75) is 18.9 Å². The SMILES string of the molecule is CNC(=O)CNC(=O)c1ccc2n[nH]c(/C=C/c3ccc(F)cc3)c2c1OC.COc1c(C(=O)NC2CCNCC2)ccc2n[nH]c(/C=C/c3ccc(F)cc3)c12.COc1c(C(=O)NCC(=O)N(C)C)ccc2n[nH]c(/C=C/c3ccc(F)cc3)c12.COc1c(C(=O)NCC(N)=O)ccc2n[nH]c(/C=C/c3ccc(F)cc3)c12. The van der Waals surface area contributed by atoms with Gasteiger partial charge in [0.05, 0.1) is 137 Å². The summed E-state index contributed by atoms with van der Waals surface area (Å²) in [6.45, 7) is 1.28. The molecule has 0 saturated carbocycles. The number of benzene rings is 8. The normalized spacial score (nSPS) is 12.1. The maximum absolute atomic E-state index is 13.1. The highest BCUT2D eigenvalue weighted by atomic mass is 19.1. The standard InChI is InChI=1S/C22H23FN4O2.C21H21FN4O3.C20H19FN4O3.C19H17FN4O3/c1-29-21-17(22(28)25-16-10-12-24-13-11-16)7-9-19-20(21)18(26-27-19)8-4-14-2-5-15(23)6-3-14;1-26(2)18(27)12-23-21(28)15-9-11-17-19(20(15)29-3)16(24-25-17)10-6-13-4-7-14(22)8-5-13;1-22-17(26)11-23-20(27)14-8-10-16-18(19(14)28-2)15(24-25-16)9-5-12-3-6-13(21)7-4-12;1-27-18-13(19(26)22-10-16(21)25)7-9-15-17(18)14(23-24-15)8-4-11-2-5-12(20)6-3-11/h2-9,16,24H,10-13H2,1H3,(H,25,28)(H,26,27);4-11H,12H2,1-3H3,(H,23,28)(H,24,25);3-10H,11H2,1-2H3,(H,22,26)(H,23,27)(H,24,25);2-9H,10H2,1H3,(H2,21,25)(H,22,26)(H,23,24)/b8-4+;10-6+;9-5+;8-4+. The third kappa shape index (κ3) is 21.0. The fourth-order valence-corrected chi connectivity index (χ4v) is 11.7. The molecule has 12 N–H and O–H groups in total. The molecule has 1 fully saturated rings. The number of nitrogens with two attached hydrogens (primary N) is 1. The first kappa shape index (κ1) is 81.3. The number of carbonyl (C=O) groups is 7. The second kappa shape index (κ2) is 38.7. The van der Waals surface area contributed by atoms with Gasteiger partial charge in [-0.2, -0.15) is 20.4 Å². The predicted molar refractivity (Wildman–Crippen MR) is 424 cm³/mol. The first-order chi connectivity index (χ1) is 54.6. The number of nitrogens with one attached hydrogen (secondary N) is 10. The fourth-order valence-electron chi connectivity index (χ4n) is 11.7. The molecule has 13 rings (SSSR count). The van der Waals surface area contributed by atoms with Gasteiger partial charge in [0.2, 0.25) is 17.7 Å². The van der Waals surface area contributed by atoms with E-state index in [4.69, 9.17) is 24.7 Å². The van der Waals surface area contributed by atoms with Gasteiger partial charge in [0.25, 0.3) is 23.6 Å². The summed E-state index contributed by atoms with van der Waals surface area (Å²) in [5.74, 6) is -2.35. The Hall–Kier alpha value is -14.2. The van der Waals surface area contributed by atoms with Crippen LogP contribution in [0, 0.1) is 23.3 Å². The van der Waals surface area contributed by atoms with E-state index in [0.29, 0.717) is 89.4 Å². The topological polar surface area (TPSA) is 373 Å². The van der Waals surface area contributed by atoms with E-state index in [1.54, 1.807) is 155 Å². The van der Waals surface area contributed by atoms with Crippen LogP contribution >= 0.6 is 0 Å². The van der Waals surface area contributed by atoms with E-state index in [9.17, 15) is 51.1 Å². The maximum Gasteiger partial charge on any atom is 0.255 e. The first-order valence-corrected chi connectivity index (χ1v) is 35.1. The minimum atomic E-state index is -0.644. The number of H-pyrrole nitrogens is 4. The molecule has 27 nitrogen and oxygen atoms in total. The Kier molecular flexibility index (Phi) is 27.9. The Morgan fingerprint density at radius 1 is 0.416 bits per heavy atom. The van der Waals surface area contributed by atoms with Crippen molar-refractivity contribution >= 4 is 134 Å². The van der Waals surface area contributed by atoms with E-state index >= 15 is 0 Å². The van der Waals surface area contributed by atoms with Crippen molar-refractivity contribution < 1.29 is 70.1 Å². The average Bonchev–Trinajstić information content (AvgIpc) is 1.69. The second-order valence-corrected chi connectivity index (χ2v) is 25.2. The molecule has 1 saturated heterocycles. The van der Waals surface area contributed by atoms with Crippen LogP contribution in [0.25, 0.3) is 92.2 Å². The van der Waals surface area contributed by atoms with Gasteiger partial charge in [0.1, 0.15) is 46.3 Å². The number of hydrogen-bond donors (Lipinski definition) is 11. The zero-order chi connectivity index (χ0) is 80.7. The van der Waals surface area contributed by atoms with E-state index in [1.807, 2.05) is 12.2 Å². The van der Waals surface area contributed by atoms with Gasteiger partial charge >= 0.3 is 0 Å². The highest BCUT2D eigenvalue weighted by molar-refractivity contribution is 6.10. The van der Waals surface area contributed by atoms with Crippen molar-refractivity contribution in [3.05, 3.63) is 236 Å². The summed E-state index contributed by atoms with van der Waals surface area (Å²) in [6, 6.07) is 37.9. The van der Waals surface area contributed by atoms with Crippen molar-refractivity contribution in [3.63, 3.8) is 0 Å². The molecule has 582 valence electrons. The van der Waals surface area contributed by atoms with Crippen molar-refractivity contribution in [1.29, 1.82) is 0 Å². The first-order valence-electron chi connectivity index (χ1n) is 35.1. The Morgan fingerprint density at radius 2 is 0.699 bits per heavy atom. The zero-order valence-electron chi connectivity index (χ0n) is 62.3. The summed E-state index contributed by atoms with van der Waals surface area (Å²) in [5.41, 5.74) is 14.8. The molecule has 1 aliphatic heterocycles. The summed E-state index contributed by atoms with van der Waals surface area (Å²) in [4.78, 5) is 85.7. The number of primary amides is 1. The number of hydrogen-bond acceptors (Lipinski definition) is 16. The van der Waals surface area contributed by atoms with Crippen molar-refractivity contribution in [1.82, 2.24) is 77.6 Å². The summed E-state index contributed by atoms with van der Waals surface area (Å²) in [7, 11) is 10.7. The monoisotopic (exact) mass is 1540 g/mol. The molecule has 12 aromatic rings. The number of aromatic amines is 4. The number of halogens is 4. The van der Waals surface area contributed by atoms with E-state index < -0.39 is 23.6 Å². The number of carbonyl (C=O) groups excluding carboxylic acids is 7. The number of rotatable bonds is 23. The van der Waals surface area contributed by atoms with Gasteiger partial charge < -0.3 is 61.5 Å². The maximum atomic E-state index is 13.1. The number of ether oxygens (including phenoxy) is 4. The molecule has 7 amide bonds. The van der Waals surface area contributed by atoms with Crippen molar-refractivity contribution in [3.8, 4) is 23.0 Å². The number of likely N-dealkylation sites (N-methyl/N-ethyl adjacent to an activating group) is 2. The lowest BCUT2D eigenvalue weighted by atomic mass is 10.0. The van der Waals surface area contributed by atoms with Crippen LogP contribution in [0.3, 0.4) is 0 Å². The van der Waals surface area contributed by atoms with Crippen LogP contribution in [-0.4, -0.2) is 175 Å². The lowest BCUT2D eigenvalue weighted by Crippen LogP contribution is -2.42. The fraction of sp³-hybridized carbons (Fsp3) is 0.183. The van der Waals surface area contributed by atoms with E-state index in [-0.39, 0.29) is 77.8 Å². The van der Waals surface area contributed by atoms with Gasteiger partial charge in [-0.3, -0.25) is 54.0 Å². The molecule has 5 heterocycles. The molecular weight excluding hydrogens is 1460 g/mol. The summed E-state index contributed by atoms with van der Waals surface area (Å²) < 4.78 is 74.3. The van der Waals surface area contributed by atoms with Gasteiger partial charge in [-0.25, -0.2) is 17.6 Å². The number of nitrogens with zero attached hydrogens (tertiary/aromatic N) is 5. The van der Waals surface area contributed by atoms with E-state index in [2.05, 4.69) is 72.7 Å². The van der Waals surface area contributed by atoms with Crippen molar-refractivity contribution in [2.24, 2.45) is 5.73 Å². The minimum absolute atomic E-state index is 0.115. The molecule has 0 aliphatic carbocycles. The number of aromatic nitrogens is 8. The molecule has 113 heavy (non-hydrogen) atoms. The van der Waals surface area contributed by atoms with Gasteiger partial charge in [0.15, 0.2) is 0 Å². The molecule has 4 aromatic heterocycles. The molecule has 0 radical (unpaired) electrons. The molecule has 1 aliphatic rings.